The highest BCUT2D eigenvalue weighted by atomic mass is 16.6. The van der Waals surface area contributed by atoms with Crippen LogP contribution in [0.3, 0.4) is 0 Å². The van der Waals surface area contributed by atoms with Crippen LogP contribution in [-0.4, -0.2) is 71.7 Å². The molecule has 154 valence electrons. The van der Waals surface area contributed by atoms with Crippen molar-refractivity contribution in [2.24, 2.45) is 0 Å². The fourth-order valence-electron chi connectivity index (χ4n) is 3.72. The quantitative estimate of drug-likeness (QED) is 0.739. The number of carbonyl (C=O) groups excluding carboxylic acids is 2. The second-order valence-electron chi connectivity index (χ2n) is 8.59. The van der Waals surface area contributed by atoms with E-state index in [1.807, 2.05) is 25.7 Å². The highest BCUT2D eigenvalue weighted by molar-refractivity contribution is 5.73. The minimum atomic E-state index is -0.484. The zero-order chi connectivity index (χ0) is 20.3. The lowest BCUT2D eigenvalue weighted by Gasteiger charge is -2.26. The fourth-order valence-corrected chi connectivity index (χ4v) is 3.72. The van der Waals surface area contributed by atoms with Gasteiger partial charge >= 0.3 is 6.09 Å². The van der Waals surface area contributed by atoms with E-state index in [2.05, 4.69) is 17.0 Å². The van der Waals surface area contributed by atoms with Gasteiger partial charge in [0.1, 0.15) is 11.4 Å². The summed E-state index contributed by atoms with van der Waals surface area (Å²) in [6.45, 7) is 11.8. The van der Waals surface area contributed by atoms with Gasteiger partial charge in [-0.15, -0.1) is 0 Å². The lowest BCUT2D eigenvalue weighted by molar-refractivity contribution is -0.128. The number of anilines is 1. The van der Waals surface area contributed by atoms with Gasteiger partial charge in [0.05, 0.1) is 0 Å². The topological polar surface area (TPSA) is 66.0 Å². The van der Waals surface area contributed by atoms with Crippen LogP contribution in [0.15, 0.2) is 12.1 Å². The number of ether oxygens (including phenoxy) is 1. The first-order valence-corrected chi connectivity index (χ1v) is 10.2. The second kappa shape index (κ2) is 8.37. The Morgan fingerprint density at radius 3 is 2.43 bits per heavy atom. The summed E-state index contributed by atoms with van der Waals surface area (Å²) >= 11 is 0. The summed E-state index contributed by atoms with van der Waals surface area (Å²) in [6.07, 6.45) is 2.22. The third-order valence-corrected chi connectivity index (χ3v) is 5.24. The number of amides is 2. The van der Waals surface area contributed by atoms with Crippen LogP contribution in [0.1, 0.15) is 45.4 Å². The molecule has 2 amide bonds. The molecule has 7 heteroatoms. The number of aromatic nitrogens is 1. The monoisotopic (exact) mass is 388 g/mol. The highest BCUT2D eigenvalue weighted by Gasteiger charge is 2.25. The van der Waals surface area contributed by atoms with E-state index in [9.17, 15) is 9.59 Å². The molecule has 1 saturated heterocycles. The average Bonchev–Trinajstić information content (AvgIpc) is 2.98. The normalized spacial score (nSPS) is 18.2. The van der Waals surface area contributed by atoms with E-state index in [1.165, 1.54) is 5.56 Å². The summed E-state index contributed by atoms with van der Waals surface area (Å²) in [5.74, 6) is 1.11. The molecule has 0 aliphatic carbocycles. The third-order valence-electron chi connectivity index (χ3n) is 5.24. The molecule has 0 aromatic carbocycles. The molecular weight excluding hydrogens is 356 g/mol. The summed E-state index contributed by atoms with van der Waals surface area (Å²) in [6, 6.07) is 4.22. The molecule has 0 atom stereocenters. The SMILES string of the molecule is CC(=O)N1CCCN(c2ccc3c(n2)CCN(C(=O)OC(C)(C)C)CC3)CC1. The van der Waals surface area contributed by atoms with Gasteiger partial charge in [0, 0.05) is 58.3 Å². The van der Waals surface area contributed by atoms with Crippen molar-refractivity contribution in [3.63, 3.8) is 0 Å². The summed E-state index contributed by atoms with van der Waals surface area (Å²) in [5.41, 5.74) is 1.79. The van der Waals surface area contributed by atoms with Crippen molar-refractivity contribution in [3.05, 3.63) is 23.4 Å². The Balaban J connectivity index is 1.67. The Bertz CT molecular complexity index is 729. The molecule has 0 bridgehead atoms. The lowest BCUT2D eigenvalue weighted by Crippen LogP contribution is -2.38. The van der Waals surface area contributed by atoms with Gasteiger partial charge in [-0.05, 0) is 45.2 Å². The van der Waals surface area contributed by atoms with Crippen LogP contribution in [0.2, 0.25) is 0 Å². The largest absolute Gasteiger partial charge is 0.444 e. The fraction of sp³-hybridized carbons (Fsp3) is 0.667. The van der Waals surface area contributed by atoms with Gasteiger partial charge in [0.15, 0.2) is 0 Å². The molecule has 28 heavy (non-hydrogen) atoms. The van der Waals surface area contributed by atoms with Gasteiger partial charge in [-0.1, -0.05) is 6.07 Å². The van der Waals surface area contributed by atoms with E-state index in [4.69, 9.17) is 9.72 Å². The van der Waals surface area contributed by atoms with Crippen molar-refractivity contribution in [2.75, 3.05) is 44.2 Å². The summed E-state index contributed by atoms with van der Waals surface area (Å²) in [5, 5.41) is 0. The molecule has 0 spiro atoms. The van der Waals surface area contributed by atoms with Crippen LogP contribution >= 0.6 is 0 Å². The maximum Gasteiger partial charge on any atom is 0.410 e. The Labute approximate surface area is 167 Å². The van der Waals surface area contributed by atoms with Crippen molar-refractivity contribution < 1.29 is 14.3 Å². The second-order valence-corrected chi connectivity index (χ2v) is 8.59. The molecule has 0 radical (unpaired) electrons. The minimum Gasteiger partial charge on any atom is -0.444 e. The van der Waals surface area contributed by atoms with E-state index in [-0.39, 0.29) is 12.0 Å². The van der Waals surface area contributed by atoms with E-state index < -0.39 is 5.60 Å². The standard InChI is InChI=1S/C21H32N4O3/c1-16(26)23-10-5-11-24(15-14-23)19-7-6-17-8-12-25(13-9-18(17)22-19)20(27)28-21(2,3)4/h6-7H,5,8-15H2,1-4H3. The maximum absolute atomic E-state index is 12.4. The molecule has 2 aliphatic heterocycles. The Kier molecular flexibility index (Phi) is 6.10. The maximum atomic E-state index is 12.4. The molecule has 2 aliphatic rings. The van der Waals surface area contributed by atoms with Gasteiger partial charge in [-0.25, -0.2) is 9.78 Å². The average molecular weight is 389 g/mol. The van der Waals surface area contributed by atoms with E-state index >= 15 is 0 Å². The van der Waals surface area contributed by atoms with Crippen molar-refractivity contribution in [1.82, 2.24) is 14.8 Å². The molecule has 0 N–H and O–H groups in total. The van der Waals surface area contributed by atoms with Gasteiger partial charge in [0.25, 0.3) is 0 Å². The van der Waals surface area contributed by atoms with Crippen LogP contribution in [0.4, 0.5) is 10.6 Å². The van der Waals surface area contributed by atoms with Crippen molar-refractivity contribution in [1.29, 1.82) is 0 Å². The van der Waals surface area contributed by atoms with Crippen LogP contribution in [0, 0.1) is 0 Å². The molecule has 0 saturated carbocycles. The molecule has 3 heterocycles. The zero-order valence-electron chi connectivity index (χ0n) is 17.5. The summed E-state index contributed by atoms with van der Waals surface area (Å²) in [7, 11) is 0. The predicted molar refractivity (Wildman–Crippen MR) is 109 cm³/mol. The van der Waals surface area contributed by atoms with Crippen molar-refractivity contribution in [2.45, 2.75) is 52.6 Å². The van der Waals surface area contributed by atoms with Crippen molar-refractivity contribution >= 4 is 17.8 Å². The van der Waals surface area contributed by atoms with Crippen LogP contribution in [0.5, 0.6) is 0 Å². The van der Waals surface area contributed by atoms with Gasteiger partial charge < -0.3 is 19.4 Å². The van der Waals surface area contributed by atoms with Crippen LogP contribution in [0.25, 0.3) is 0 Å². The van der Waals surface area contributed by atoms with Gasteiger partial charge in [0.2, 0.25) is 5.91 Å². The van der Waals surface area contributed by atoms with Crippen molar-refractivity contribution in [3.8, 4) is 0 Å². The summed E-state index contributed by atoms with van der Waals surface area (Å²) < 4.78 is 5.52. The van der Waals surface area contributed by atoms with Crippen LogP contribution in [-0.2, 0) is 22.4 Å². The smallest absolute Gasteiger partial charge is 0.410 e. The first-order chi connectivity index (χ1) is 13.2. The molecule has 1 fully saturated rings. The number of fused-ring (bicyclic) bond motifs is 1. The molecule has 7 nitrogen and oxygen atoms in total. The molecule has 0 unspecified atom stereocenters. The lowest BCUT2D eigenvalue weighted by atomic mass is 10.1. The zero-order valence-corrected chi connectivity index (χ0v) is 17.5. The Morgan fingerprint density at radius 2 is 1.71 bits per heavy atom. The first-order valence-electron chi connectivity index (χ1n) is 10.2. The molecule has 1 aromatic rings. The third kappa shape index (κ3) is 5.14. The van der Waals surface area contributed by atoms with Gasteiger partial charge in [-0.2, -0.15) is 0 Å². The van der Waals surface area contributed by atoms with E-state index in [0.717, 1.165) is 57.0 Å². The summed E-state index contributed by atoms with van der Waals surface area (Å²) in [4.78, 5) is 34.9. The minimum absolute atomic E-state index is 0.138. The number of pyridine rings is 1. The number of hydrogen-bond acceptors (Lipinski definition) is 5. The number of rotatable bonds is 1. The molecular formula is C21H32N4O3. The van der Waals surface area contributed by atoms with Crippen LogP contribution < -0.4 is 4.90 Å². The highest BCUT2D eigenvalue weighted by Crippen LogP contribution is 2.21. The molecule has 1 aromatic heterocycles. The first kappa shape index (κ1) is 20.4. The molecule has 3 rings (SSSR count). The number of carbonyl (C=O) groups is 2. The number of hydrogen-bond donors (Lipinski definition) is 0. The predicted octanol–water partition coefficient (Wildman–Crippen LogP) is 2.48. The van der Waals surface area contributed by atoms with Gasteiger partial charge in [-0.3, -0.25) is 4.79 Å². The number of nitrogens with zero attached hydrogens (tertiary/aromatic N) is 4. The Hall–Kier alpha value is -2.31. The van der Waals surface area contributed by atoms with E-state index in [0.29, 0.717) is 13.1 Å². The van der Waals surface area contributed by atoms with E-state index in [1.54, 1.807) is 11.8 Å². The Morgan fingerprint density at radius 1 is 0.964 bits per heavy atom.